The first-order chi connectivity index (χ1) is 6.72. The Bertz CT molecular complexity index is 531. The Morgan fingerprint density at radius 3 is 3.00 bits per heavy atom. The largest absolute Gasteiger partial charge is 0.392 e. The van der Waals surface area contributed by atoms with Gasteiger partial charge in [0.05, 0.1) is 23.8 Å². The summed E-state index contributed by atoms with van der Waals surface area (Å²) in [5.74, 6) is 0. The van der Waals surface area contributed by atoms with Crippen LogP contribution in [0.1, 0.15) is 5.56 Å². The van der Waals surface area contributed by atoms with Gasteiger partial charge in [0.1, 0.15) is 0 Å². The van der Waals surface area contributed by atoms with Crippen molar-refractivity contribution in [2.45, 2.75) is 6.61 Å². The third-order valence-corrected chi connectivity index (χ3v) is 2.23. The van der Waals surface area contributed by atoms with E-state index in [0.29, 0.717) is 0 Å². The van der Waals surface area contributed by atoms with Gasteiger partial charge in [0.2, 0.25) is 0 Å². The van der Waals surface area contributed by atoms with Gasteiger partial charge >= 0.3 is 0 Å². The molecule has 72 valence electrons. The lowest BCUT2D eigenvalue weighted by Crippen LogP contribution is -2.16. The highest BCUT2D eigenvalue weighted by molar-refractivity contribution is 5.75. The fourth-order valence-electron chi connectivity index (χ4n) is 1.38. The first-order valence-corrected chi connectivity index (χ1v) is 4.28. The molecule has 1 N–H and O–H groups in total. The first-order valence-electron chi connectivity index (χ1n) is 4.28. The molecule has 0 aliphatic heterocycles. The molecule has 14 heavy (non-hydrogen) atoms. The van der Waals surface area contributed by atoms with Crippen LogP contribution in [0.15, 0.2) is 29.2 Å². The lowest BCUT2D eigenvalue weighted by atomic mass is 10.2. The van der Waals surface area contributed by atoms with E-state index in [1.165, 1.54) is 10.8 Å². The average molecular weight is 190 g/mol. The van der Waals surface area contributed by atoms with Crippen molar-refractivity contribution in [2.75, 3.05) is 0 Å². The molecule has 0 unspecified atom stereocenters. The molecule has 0 bridgehead atoms. The van der Waals surface area contributed by atoms with E-state index in [9.17, 15) is 4.79 Å². The van der Waals surface area contributed by atoms with Crippen LogP contribution in [0.5, 0.6) is 0 Å². The Labute approximate surface area is 80.4 Å². The molecule has 0 atom stereocenters. The number of aryl methyl sites for hydroxylation is 1. The summed E-state index contributed by atoms with van der Waals surface area (Å²) in [5, 5.41) is 8.95. The number of nitrogens with zero attached hydrogens (tertiary/aromatic N) is 2. The second-order valence-electron chi connectivity index (χ2n) is 3.14. The van der Waals surface area contributed by atoms with Gasteiger partial charge in [-0.2, -0.15) is 0 Å². The van der Waals surface area contributed by atoms with Crippen molar-refractivity contribution >= 4 is 11.0 Å². The maximum absolute atomic E-state index is 11.3. The van der Waals surface area contributed by atoms with Gasteiger partial charge in [0.15, 0.2) is 0 Å². The van der Waals surface area contributed by atoms with Crippen molar-refractivity contribution in [1.29, 1.82) is 0 Å². The van der Waals surface area contributed by atoms with Crippen LogP contribution >= 0.6 is 0 Å². The molecule has 2 rings (SSSR count). The number of benzene rings is 1. The normalized spacial score (nSPS) is 10.7. The van der Waals surface area contributed by atoms with Gasteiger partial charge in [-0.05, 0) is 17.7 Å². The Morgan fingerprint density at radius 2 is 2.29 bits per heavy atom. The van der Waals surface area contributed by atoms with Crippen LogP contribution in [0, 0.1) is 0 Å². The van der Waals surface area contributed by atoms with Gasteiger partial charge in [0, 0.05) is 7.05 Å². The van der Waals surface area contributed by atoms with Crippen molar-refractivity contribution in [3.8, 4) is 0 Å². The molecule has 0 fully saturated rings. The zero-order chi connectivity index (χ0) is 10.1. The molecule has 0 saturated heterocycles. The van der Waals surface area contributed by atoms with Gasteiger partial charge in [-0.25, -0.2) is 4.98 Å². The van der Waals surface area contributed by atoms with Crippen LogP contribution in [0.2, 0.25) is 0 Å². The number of hydrogen-bond donors (Lipinski definition) is 1. The van der Waals surface area contributed by atoms with Crippen molar-refractivity contribution < 1.29 is 5.11 Å². The van der Waals surface area contributed by atoms with Gasteiger partial charge in [0.25, 0.3) is 5.56 Å². The highest BCUT2D eigenvalue weighted by atomic mass is 16.3. The third-order valence-electron chi connectivity index (χ3n) is 2.23. The monoisotopic (exact) mass is 190 g/mol. The molecule has 0 aliphatic rings. The molecule has 1 aromatic carbocycles. The van der Waals surface area contributed by atoms with Crippen molar-refractivity contribution in [2.24, 2.45) is 7.05 Å². The minimum atomic E-state index is -0.146. The molecular formula is C10H10N2O2. The van der Waals surface area contributed by atoms with Gasteiger partial charge in [-0.1, -0.05) is 6.07 Å². The zero-order valence-corrected chi connectivity index (χ0v) is 7.77. The maximum Gasteiger partial charge on any atom is 0.269 e. The maximum atomic E-state index is 11.3. The Hall–Kier alpha value is -1.68. The summed E-state index contributed by atoms with van der Waals surface area (Å²) in [7, 11) is 1.69. The van der Waals surface area contributed by atoms with E-state index < -0.39 is 0 Å². The molecule has 1 heterocycles. The van der Waals surface area contributed by atoms with Crippen molar-refractivity contribution in [3.63, 3.8) is 0 Å². The van der Waals surface area contributed by atoms with E-state index in [4.69, 9.17) is 5.11 Å². The molecule has 2 aromatic rings. The van der Waals surface area contributed by atoms with Gasteiger partial charge < -0.3 is 9.67 Å². The van der Waals surface area contributed by atoms with Gasteiger partial charge in [-0.15, -0.1) is 0 Å². The van der Waals surface area contributed by atoms with E-state index in [2.05, 4.69) is 4.98 Å². The summed E-state index contributed by atoms with van der Waals surface area (Å²) in [5.41, 5.74) is 2.13. The van der Waals surface area contributed by atoms with Crippen LogP contribution in [0.3, 0.4) is 0 Å². The molecule has 0 saturated carbocycles. The molecular weight excluding hydrogens is 180 g/mol. The van der Waals surface area contributed by atoms with E-state index in [0.717, 1.165) is 16.6 Å². The van der Waals surface area contributed by atoms with Crippen LogP contribution in [0.25, 0.3) is 11.0 Å². The fourth-order valence-corrected chi connectivity index (χ4v) is 1.38. The standard InChI is InChI=1S/C10H10N2O2/c1-12-9-4-7(6-13)2-3-8(9)11-5-10(12)14/h2-5,13H,6H2,1H3. The molecule has 1 aromatic heterocycles. The van der Waals surface area contributed by atoms with Crippen LogP contribution < -0.4 is 5.56 Å². The molecule has 4 heteroatoms. The fraction of sp³-hybridized carbons (Fsp3) is 0.200. The van der Waals surface area contributed by atoms with Crippen LogP contribution in [0.4, 0.5) is 0 Å². The summed E-state index contributed by atoms with van der Waals surface area (Å²) in [6.07, 6.45) is 1.29. The number of rotatable bonds is 1. The number of aliphatic hydroxyl groups excluding tert-OH is 1. The lowest BCUT2D eigenvalue weighted by molar-refractivity contribution is 0.282. The SMILES string of the molecule is Cn1c(=O)cnc2ccc(CO)cc21. The summed E-state index contributed by atoms with van der Waals surface area (Å²) in [6, 6.07) is 5.35. The molecule has 0 spiro atoms. The third kappa shape index (κ3) is 1.29. The topological polar surface area (TPSA) is 55.1 Å². The predicted octanol–water partition coefficient (Wildman–Crippen LogP) is 0.426. The number of fused-ring (bicyclic) bond motifs is 1. The second-order valence-corrected chi connectivity index (χ2v) is 3.14. The number of aliphatic hydroxyl groups is 1. The summed E-state index contributed by atoms with van der Waals surface area (Å²) >= 11 is 0. The average Bonchev–Trinajstić information content (AvgIpc) is 2.23. The van der Waals surface area contributed by atoms with Crippen LogP contribution in [-0.4, -0.2) is 14.7 Å². The minimum absolute atomic E-state index is 0.0287. The number of aromatic nitrogens is 2. The lowest BCUT2D eigenvalue weighted by Gasteiger charge is -2.04. The minimum Gasteiger partial charge on any atom is -0.392 e. The molecule has 0 radical (unpaired) electrons. The van der Waals surface area contributed by atoms with E-state index in [1.54, 1.807) is 25.2 Å². The molecule has 4 nitrogen and oxygen atoms in total. The zero-order valence-electron chi connectivity index (χ0n) is 7.77. The molecule has 0 amide bonds. The summed E-state index contributed by atoms with van der Waals surface area (Å²) in [4.78, 5) is 15.3. The quantitative estimate of drug-likeness (QED) is 0.709. The predicted molar refractivity (Wildman–Crippen MR) is 52.9 cm³/mol. The Morgan fingerprint density at radius 1 is 1.50 bits per heavy atom. The number of hydrogen-bond acceptors (Lipinski definition) is 3. The van der Waals surface area contributed by atoms with E-state index in [-0.39, 0.29) is 12.2 Å². The highest BCUT2D eigenvalue weighted by Gasteiger charge is 2.00. The first kappa shape index (κ1) is 8.90. The Kier molecular flexibility index (Phi) is 2.05. The summed E-state index contributed by atoms with van der Waals surface area (Å²) in [6.45, 7) is -0.0287. The highest BCUT2D eigenvalue weighted by Crippen LogP contribution is 2.11. The van der Waals surface area contributed by atoms with E-state index >= 15 is 0 Å². The van der Waals surface area contributed by atoms with Crippen molar-refractivity contribution in [1.82, 2.24) is 9.55 Å². The molecule has 0 aliphatic carbocycles. The second kappa shape index (κ2) is 3.23. The van der Waals surface area contributed by atoms with Crippen LogP contribution in [-0.2, 0) is 13.7 Å². The van der Waals surface area contributed by atoms with Crippen molar-refractivity contribution in [3.05, 3.63) is 40.3 Å². The smallest absolute Gasteiger partial charge is 0.269 e. The Balaban J connectivity index is 2.84. The summed E-state index contributed by atoms with van der Waals surface area (Å²) < 4.78 is 1.52. The van der Waals surface area contributed by atoms with E-state index in [1.807, 2.05) is 0 Å². The van der Waals surface area contributed by atoms with Gasteiger partial charge in [-0.3, -0.25) is 4.79 Å².